The number of carboxylic acids is 1. The molecular formula is C25H26ClNO4. The van der Waals surface area contributed by atoms with E-state index in [0.717, 1.165) is 61.3 Å². The van der Waals surface area contributed by atoms with Gasteiger partial charge in [0, 0.05) is 24.7 Å². The Morgan fingerprint density at radius 2 is 1.77 bits per heavy atom. The fourth-order valence-corrected chi connectivity index (χ4v) is 5.60. The molecule has 5 rings (SSSR count). The molecule has 0 aromatic heterocycles. The number of hydrogen-bond donors (Lipinski definition) is 1. The summed E-state index contributed by atoms with van der Waals surface area (Å²) in [4.78, 5) is 25.7. The average Bonchev–Trinajstić information content (AvgIpc) is 3.20. The predicted molar refractivity (Wildman–Crippen MR) is 118 cm³/mol. The number of likely N-dealkylation sites (tertiary alicyclic amines) is 1. The van der Waals surface area contributed by atoms with Gasteiger partial charge in [0.2, 0.25) is 0 Å². The second-order valence-electron chi connectivity index (χ2n) is 9.06. The molecule has 0 radical (unpaired) electrons. The van der Waals surface area contributed by atoms with E-state index in [1.54, 1.807) is 12.1 Å². The van der Waals surface area contributed by atoms with E-state index >= 15 is 0 Å². The Morgan fingerprint density at radius 1 is 1.06 bits per heavy atom. The number of carbonyl (C=O) groups excluding carboxylic acids is 1. The van der Waals surface area contributed by atoms with Gasteiger partial charge in [-0.05, 0) is 78.3 Å². The molecule has 3 fully saturated rings. The van der Waals surface area contributed by atoms with Crippen LogP contribution in [0, 0.1) is 5.41 Å². The van der Waals surface area contributed by atoms with Gasteiger partial charge in [-0.3, -0.25) is 4.79 Å². The standard InChI is InChI=1S/C25H26ClNO4/c26-21-14-18(16-3-5-17(6-4-16)24(29)30)7-8-19(21)20-15-25(20)9-11-27(12-10-25)23(28)22-2-1-13-31-22/h3-8,14,20,22H,1-2,9-13,15H2,(H,29,30)/t20-,22-/m1/s1. The molecule has 6 heteroatoms. The van der Waals surface area contributed by atoms with E-state index in [4.69, 9.17) is 21.4 Å². The highest BCUT2D eigenvalue weighted by Gasteiger charge is 2.56. The van der Waals surface area contributed by atoms with Gasteiger partial charge in [0.05, 0.1) is 5.56 Å². The van der Waals surface area contributed by atoms with Crippen molar-refractivity contribution in [2.24, 2.45) is 5.41 Å². The van der Waals surface area contributed by atoms with Crippen molar-refractivity contribution in [1.82, 2.24) is 4.90 Å². The summed E-state index contributed by atoms with van der Waals surface area (Å²) in [5, 5.41) is 9.83. The van der Waals surface area contributed by atoms with Crippen molar-refractivity contribution in [3.8, 4) is 11.1 Å². The monoisotopic (exact) mass is 439 g/mol. The zero-order chi connectivity index (χ0) is 21.6. The quantitative estimate of drug-likeness (QED) is 0.729. The first-order valence-electron chi connectivity index (χ1n) is 11.0. The molecule has 2 aromatic rings. The molecule has 0 unspecified atom stereocenters. The van der Waals surface area contributed by atoms with Gasteiger partial charge in [-0.1, -0.05) is 35.9 Å². The summed E-state index contributed by atoms with van der Waals surface area (Å²) in [6.45, 7) is 2.32. The highest BCUT2D eigenvalue weighted by Crippen LogP contribution is 2.66. The molecule has 2 heterocycles. The van der Waals surface area contributed by atoms with Gasteiger partial charge in [-0.2, -0.15) is 0 Å². The Labute approximate surface area is 187 Å². The predicted octanol–water partition coefficient (Wildman–Crippen LogP) is 4.98. The largest absolute Gasteiger partial charge is 0.478 e. The molecule has 2 aromatic carbocycles. The fraction of sp³-hybridized carbons (Fsp3) is 0.440. The normalized spacial score (nSPS) is 24.4. The second kappa shape index (κ2) is 7.95. The molecule has 0 bridgehead atoms. The minimum atomic E-state index is -0.928. The third-order valence-electron chi connectivity index (χ3n) is 7.31. The third-order valence-corrected chi connectivity index (χ3v) is 7.63. The summed E-state index contributed by atoms with van der Waals surface area (Å²) in [5.41, 5.74) is 3.66. The van der Waals surface area contributed by atoms with Gasteiger partial charge in [-0.15, -0.1) is 0 Å². The van der Waals surface area contributed by atoms with Gasteiger partial charge in [0.25, 0.3) is 5.91 Å². The van der Waals surface area contributed by atoms with E-state index in [9.17, 15) is 9.59 Å². The Balaban J connectivity index is 1.25. The van der Waals surface area contributed by atoms with E-state index in [0.29, 0.717) is 12.5 Å². The molecule has 1 spiro atoms. The fourth-order valence-electron chi connectivity index (χ4n) is 5.28. The summed E-state index contributed by atoms with van der Waals surface area (Å²) in [5.74, 6) is -0.313. The van der Waals surface area contributed by atoms with E-state index in [2.05, 4.69) is 12.1 Å². The molecule has 31 heavy (non-hydrogen) atoms. The van der Waals surface area contributed by atoms with Crippen LogP contribution in [0.1, 0.15) is 53.9 Å². The number of ether oxygens (including phenoxy) is 1. The van der Waals surface area contributed by atoms with Crippen LogP contribution in [0.5, 0.6) is 0 Å². The molecule has 2 saturated heterocycles. The lowest BCUT2D eigenvalue weighted by Gasteiger charge is -2.34. The van der Waals surface area contributed by atoms with Gasteiger partial charge >= 0.3 is 5.97 Å². The molecule has 3 aliphatic rings. The highest BCUT2D eigenvalue weighted by molar-refractivity contribution is 6.31. The maximum absolute atomic E-state index is 12.6. The number of benzene rings is 2. The smallest absolute Gasteiger partial charge is 0.335 e. The van der Waals surface area contributed by atoms with Gasteiger partial charge in [0.1, 0.15) is 6.10 Å². The molecule has 1 amide bonds. The van der Waals surface area contributed by atoms with Gasteiger partial charge in [-0.25, -0.2) is 4.79 Å². The van der Waals surface area contributed by atoms with Gasteiger partial charge < -0.3 is 14.7 Å². The van der Waals surface area contributed by atoms with Crippen molar-refractivity contribution >= 4 is 23.5 Å². The number of hydrogen-bond acceptors (Lipinski definition) is 3. The second-order valence-corrected chi connectivity index (χ2v) is 9.47. The summed E-state index contributed by atoms with van der Waals surface area (Å²) in [7, 11) is 0. The van der Waals surface area contributed by atoms with E-state index < -0.39 is 5.97 Å². The van der Waals surface area contributed by atoms with E-state index in [-0.39, 0.29) is 23.0 Å². The van der Waals surface area contributed by atoms with Crippen molar-refractivity contribution in [3.63, 3.8) is 0 Å². The lowest BCUT2D eigenvalue weighted by atomic mass is 9.88. The molecular weight excluding hydrogens is 414 g/mol. The van der Waals surface area contributed by atoms with E-state index in [1.165, 1.54) is 5.56 Å². The topological polar surface area (TPSA) is 66.8 Å². The van der Waals surface area contributed by atoms with Crippen LogP contribution < -0.4 is 0 Å². The minimum absolute atomic E-state index is 0.167. The Hall–Kier alpha value is -2.37. The lowest BCUT2D eigenvalue weighted by molar-refractivity contribution is -0.142. The number of rotatable bonds is 4. The molecule has 5 nitrogen and oxygen atoms in total. The Morgan fingerprint density at radius 3 is 2.39 bits per heavy atom. The van der Waals surface area contributed by atoms with E-state index in [1.807, 2.05) is 23.1 Å². The molecule has 1 N–H and O–H groups in total. The number of nitrogens with zero attached hydrogens (tertiary/aromatic N) is 1. The van der Waals surface area contributed by atoms with Crippen molar-refractivity contribution in [2.45, 2.75) is 44.1 Å². The number of piperidine rings is 1. The van der Waals surface area contributed by atoms with Crippen LogP contribution in [0.15, 0.2) is 42.5 Å². The first-order valence-corrected chi connectivity index (χ1v) is 11.4. The Bertz CT molecular complexity index is 1000. The summed E-state index contributed by atoms with van der Waals surface area (Å²) in [6.07, 6.45) is 4.77. The number of aromatic carboxylic acids is 1. The van der Waals surface area contributed by atoms with Crippen LogP contribution in [0.25, 0.3) is 11.1 Å². The lowest BCUT2D eigenvalue weighted by Crippen LogP contribution is -2.44. The minimum Gasteiger partial charge on any atom is -0.478 e. The summed E-state index contributed by atoms with van der Waals surface area (Å²) < 4.78 is 5.57. The molecule has 2 atom stereocenters. The number of amides is 1. The molecule has 1 saturated carbocycles. The zero-order valence-corrected chi connectivity index (χ0v) is 18.1. The first-order chi connectivity index (χ1) is 15.0. The maximum atomic E-state index is 12.6. The Kier molecular flexibility index (Phi) is 5.27. The molecule has 2 aliphatic heterocycles. The van der Waals surface area contributed by atoms with Crippen LogP contribution in [0.2, 0.25) is 5.02 Å². The van der Waals surface area contributed by atoms with Crippen molar-refractivity contribution in [2.75, 3.05) is 19.7 Å². The average molecular weight is 440 g/mol. The van der Waals surface area contributed by atoms with Crippen LogP contribution in [-0.4, -0.2) is 47.7 Å². The van der Waals surface area contributed by atoms with Crippen molar-refractivity contribution in [1.29, 1.82) is 0 Å². The number of carbonyl (C=O) groups is 2. The summed E-state index contributed by atoms with van der Waals surface area (Å²) in [6, 6.07) is 13.0. The SMILES string of the molecule is O=C(O)c1ccc(-c2ccc([C@H]3CC34CCN(C(=O)[C@H]3CCCO3)CC4)c(Cl)c2)cc1. The molecule has 162 valence electrons. The maximum Gasteiger partial charge on any atom is 0.335 e. The zero-order valence-electron chi connectivity index (χ0n) is 17.4. The number of halogens is 1. The van der Waals surface area contributed by atoms with Gasteiger partial charge in [0.15, 0.2) is 0 Å². The van der Waals surface area contributed by atoms with Crippen LogP contribution >= 0.6 is 11.6 Å². The summed E-state index contributed by atoms with van der Waals surface area (Å²) >= 11 is 6.69. The van der Waals surface area contributed by atoms with Crippen molar-refractivity contribution < 1.29 is 19.4 Å². The molecule has 1 aliphatic carbocycles. The third kappa shape index (κ3) is 3.85. The van der Waals surface area contributed by atoms with Crippen LogP contribution in [0.3, 0.4) is 0 Å². The van der Waals surface area contributed by atoms with Crippen LogP contribution in [-0.2, 0) is 9.53 Å². The first kappa shape index (κ1) is 20.5. The van der Waals surface area contributed by atoms with Crippen molar-refractivity contribution in [3.05, 3.63) is 58.6 Å². The van der Waals surface area contributed by atoms with Crippen LogP contribution in [0.4, 0.5) is 0 Å². The highest BCUT2D eigenvalue weighted by atomic mass is 35.5. The number of carboxylic acid groups (broad SMARTS) is 1.